The van der Waals surface area contributed by atoms with Gasteiger partial charge < -0.3 is 9.84 Å². The van der Waals surface area contributed by atoms with E-state index in [1.54, 1.807) is 0 Å². The molecule has 0 unspecified atom stereocenters. The van der Waals surface area contributed by atoms with E-state index in [1.165, 1.54) is 5.57 Å². The van der Waals surface area contributed by atoms with Crippen molar-refractivity contribution in [3.8, 4) is 0 Å². The molecule has 4 nitrogen and oxygen atoms in total. The van der Waals surface area contributed by atoms with Crippen LogP contribution < -0.4 is 0 Å². The van der Waals surface area contributed by atoms with Crippen molar-refractivity contribution in [2.24, 2.45) is 22.7 Å². The molecule has 3 aliphatic rings. The molecule has 3 aliphatic carbocycles. The number of carbonyl (C=O) groups is 2. The highest BCUT2D eigenvalue weighted by molar-refractivity contribution is 6.20. The maximum absolute atomic E-state index is 13.0. The lowest BCUT2D eigenvalue weighted by molar-refractivity contribution is -0.120. The molecule has 0 amide bonds. The molecular weight excluding hydrogens is 364 g/mol. The maximum atomic E-state index is 13.0. The van der Waals surface area contributed by atoms with Gasteiger partial charge in [0.1, 0.15) is 0 Å². The van der Waals surface area contributed by atoms with Gasteiger partial charge in [0, 0.05) is 11.6 Å². The van der Waals surface area contributed by atoms with E-state index in [-0.39, 0.29) is 33.7 Å². The van der Waals surface area contributed by atoms with Crippen molar-refractivity contribution >= 4 is 11.6 Å². The second-order valence-corrected chi connectivity index (χ2v) is 9.84. The number of hydrogen-bond donors (Lipinski definition) is 1. The van der Waals surface area contributed by atoms with Crippen molar-refractivity contribution < 1.29 is 19.4 Å². The van der Waals surface area contributed by atoms with Crippen LogP contribution in [0.3, 0.4) is 0 Å². The van der Waals surface area contributed by atoms with Crippen molar-refractivity contribution in [3.63, 3.8) is 0 Å². The minimum absolute atomic E-state index is 0.0876. The fraction of sp³-hybridized carbons (Fsp3) is 0.680. The fourth-order valence-electron chi connectivity index (χ4n) is 5.68. The van der Waals surface area contributed by atoms with Gasteiger partial charge in [-0.15, -0.1) is 0 Å². The van der Waals surface area contributed by atoms with Crippen molar-refractivity contribution in [1.29, 1.82) is 0 Å². The first-order valence-electron chi connectivity index (χ1n) is 11.2. The van der Waals surface area contributed by atoms with Crippen LogP contribution >= 0.6 is 0 Å². The van der Waals surface area contributed by atoms with Crippen LogP contribution in [-0.4, -0.2) is 23.3 Å². The molecule has 1 fully saturated rings. The zero-order chi connectivity index (χ0) is 21.4. The number of unbranched alkanes of at least 4 members (excludes halogenated alkanes) is 1. The Morgan fingerprint density at radius 1 is 1.24 bits per heavy atom. The summed E-state index contributed by atoms with van der Waals surface area (Å²) in [5.74, 6) is -0.189. The lowest BCUT2D eigenvalue weighted by Gasteiger charge is -2.56. The topological polar surface area (TPSA) is 63.6 Å². The SMILES string of the molecule is CCCCOC1=CC(=O)C(O)=C(C[C@@]2(C)CC[C@]3(C)C(C)=CCC[C@H]3[C@H]2C)C1=O. The predicted octanol–water partition coefficient (Wildman–Crippen LogP) is 5.84. The second-order valence-electron chi connectivity index (χ2n) is 9.84. The van der Waals surface area contributed by atoms with Gasteiger partial charge in [0.25, 0.3) is 0 Å². The average molecular weight is 401 g/mol. The van der Waals surface area contributed by atoms with Crippen LogP contribution in [0.5, 0.6) is 0 Å². The molecule has 0 spiro atoms. The molecule has 0 aromatic heterocycles. The first-order valence-corrected chi connectivity index (χ1v) is 11.2. The highest BCUT2D eigenvalue weighted by atomic mass is 16.5. The van der Waals surface area contributed by atoms with Crippen molar-refractivity contribution in [3.05, 3.63) is 34.8 Å². The summed E-state index contributed by atoms with van der Waals surface area (Å²) in [4.78, 5) is 25.3. The lowest BCUT2D eigenvalue weighted by Crippen LogP contribution is -2.47. The molecule has 3 rings (SSSR count). The number of ether oxygens (including phenoxy) is 1. The van der Waals surface area contributed by atoms with E-state index < -0.39 is 5.78 Å². The first kappa shape index (κ1) is 21.9. The molecule has 0 heterocycles. The van der Waals surface area contributed by atoms with Crippen LogP contribution in [0.25, 0.3) is 0 Å². The molecule has 1 N–H and O–H groups in total. The number of hydrogen-bond acceptors (Lipinski definition) is 4. The minimum atomic E-state index is -0.514. The van der Waals surface area contributed by atoms with E-state index >= 15 is 0 Å². The molecule has 0 aliphatic heterocycles. The van der Waals surface area contributed by atoms with E-state index in [2.05, 4.69) is 33.8 Å². The Bertz CT molecular complexity index is 787. The summed E-state index contributed by atoms with van der Waals surface area (Å²) in [7, 11) is 0. The molecule has 4 heteroatoms. The molecule has 0 aromatic rings. The van der Waals surface area contributed by atoms with Gasteiger partial charge in [-0.2, -0.15) is 0 Å². The standard InChI is InChI=1S/C25H36O4/c1-6-7-13-29-21-14-20(26)22(27)18(23(21)28)15-24(4)11-12-25(5)16(2)9-8-10-19(25)17(24)3/h9,14,17,19,27H,6-8,10-13,15H2,1-5H3/t17-,19+,24-,25-/m1/s1. The Morgan fingerprint density at radius 3 is 2.66 bits per heavy atom. The quantitative estimate of drug-likeness (QED) is 0.346. The lowest BCUT2D eigenvalue weighted by atomic mass is 9.49. The number of allylic oxidation sites excluding steroid dienone is 4. The van der Waals surface area contributed by atoms with Crippen LogP contribution in [-0.2, 0) is 14.3 Å². The molecule has 29 heavy (non-hydrogen) atoms. The number of fused-ring (bicyclic) bond motifs is 1. The van der Waals surface area contributed by atoms with E-state index in [0.717, 1.165) is 44.6 Å². The molecule has 0 radical (unpaired) electrons. The summed E-state index contributed by atoms with van der Waals surface area (Å²) in [6.07, 6.45) is 10.0. The molecule has 0 bridgehead atoms. The Labute approximate surface area is 175 Å². The van der Waals surface area contributed by atoms with Crippen molar-refractivity contribution in [2.45, 2.75) is 79.6 Å². The van der Waals surface area contributed by atoms with Gasteiger partial charge in [0.2, 0.25) is 11.6 Å². The van der Waals surface area contributed by atoms with Crippen LogP contribution in [0.2, 0.25) is 0 Å². The van der Waals surface area contributed by atoms with Crippen LogP contribution in [0.1, 0.15) is 79.6 Å². The highest BCUT2D eigenvalue weighted by Gasteiger charge is 2.52. The van der Waals surface area contributed by atoms with Gasteiger partial charge in [-0.1, -0.05) is 45.8 Å². The second kappa shape index (κ2) is 8.12. The van der Waals surface area contributed by atoms with E-state index in [4.69, 9.17) is 4.74 Å². The maximum Gasteiger partial charge on any atom is 0.227 e. The van der Waals surface area contributed by atoms with Crippen LogP contribution in [0.4, 0.5) is 0 Å². The van der Waals surface area contributed by atoms with E-state index in [9.17, 15) is 14.7 Å². The van der Waals surface area contributed by atoms with E-state index in [0.29, 0.717) is 24.9 Å². The number of ketones is 2. The number of rotatable bonds is 6. The molecule has 1 saturated carbocycles. The predicted molar refractivity (Wildman–Crippen MR) is 114 cm³/mol. The van der Waals surface area contributed by atoms with Crippen LogP contribution in [0.15, 0.2) is 34.8 Å². The van der Waals surface area contributed by atoms with Gasteiger partial charge in [-0.05, 0) is 68.1 Å². The third-order valence-electron chi connectivity index (χ3n) is 8.18. The molecule has 4 atom stereocenters. The van der Waals surface area contributed by atoms with Crippen LogP contribution in [0, 0.1) is 22.7 Å². The largest absolute Gasteiger partial charge is 0.504 e. The molecule has 0 saturated heterocycles. The number of carbonyl (C=O) groups excluding carboxylic acids is 2. The smallest absolute Gasteiger partial charge is 0.227 e. The first-order chi connectivity index (χ1) is 13.6. The summed E-state index contributed by atoms with van der Waals surface area (Å²) in [5, 5.41) is 10.5. The van der Waals surface area contributed by atoms with E-state index in [1.807, 2.05) is 6.92 Å². The molecule has 160 valence electrons. The summed E-state index contributed by atoms with van der Waals surface area (Å²) in [6.45, 7) is 11.6. The zero-order valence-electron chi connectivity index (χ0n) is 18.6. The summed E-state index contributed by atoms with van der Waals surface area (Å²) >= 11 is 0. The van der Waals surface area contributed by atoms with Gasteiger partial charge in [0.15, 0.2) is 11.5 Å². The fourth-order valence-corrected chi connectivity index (χ4v) is 5.68. The van der Waals surface area contributed by atoms with Gasteiger partial charge in [0.05, 0.1) is 6.61 Å². The summed E-state index contributed by atoms with van der Waals surface area (Å²) in [6, 6.07) is 0. The number of aliphatic hydroxyl groups excluding tert-OH is 1. The van der Waals surface area contributed by atoms with Crippen molar-refractivity contribution in [1.82, 2.24) is 0 Å². The Hall–Kier alpha value is -1.84. The number of Topliss-reactive ketones (excluding diaryl/α,β-unsaturated/α-hetero) is 1. The normalized spacial score (nSPS) is 35.2. The summed E-state index contributed by atoms with van der Waals surface area (Å²) in [5.41, 5.74) is 1.81. The zero-order valence-corrected chi connectivity index (χ0v) is 18.6. The van der Waals surface area contributed by atoms with Crippen molar-refractivity contribution in [2.75, 3.05) is 6.61 Å². The Morgan fingerprint density at radius 2 is 1.97 bits per heavy atom. The molecular formula is C25H36O4. The van der Waals surface area contributed by atoms with Gasteiger partial charge in [-0.3, -0.25) is 9.59 Å². The summed E-state index contributed by atoms with van der Waals surface area (Å²) < 4.78 is 5.59. The molecule has 0 aromatic carbocycles. The Kier molecular flexibility index (Phi) is 6.12. The number of aliphatic hydroxyl groups is 1. The third kappa shape index (κ3) is 3.83. The average Bonchev–Trinajstić information content (AvgIpc) is 2.68. The monoisotopic (exact) mass is 400 g/mol. The Balaban J connectivity index is 1.83. The van der Waals surface area contributed by atoms with Gasteiger partial charge >= 0.3 is 0 Å². The minimum Gasteiger partial charge on any atom is -0.504 e. The third-order valence-corrected chi connectivity index (χ3v) is 8.18. The highest BCUT2D eigenvalue weighted by Crippen LogP contribution is 2.60. The van der Waals surface area contributed by atoms with Gasteiger partial charge in [-0.25, -0.2) is 0 Å².